The summed E-state index contributed by atoms with van der Waals surface area (Å²) in [5.41, 5.74) is 0. The number of hydrogen-bond acceptors (Lipinski definition) is 3. The molecule has 0 unspecified atom stereocenters. The fourth-order valence-electron chi connectivity index (χ4n) is 1.94. The van der Waals surface area contributed by atoms with Gasteiger partial charge in [0, 0.05) is 37.1 Å². The largest absolute Gasteiger partial charge is 0.312 e. The van der Waals surface area contributed by atoms with E-state index in [0.717, 1.165) is 6.54 Å². The van der Waals surface area contributed by atoms with Crippen molar-refractivity contribution >= 4 is 11.3 Å². The van der Waals surface area contributed by atoms with Crippen molar-refractivity contribution in [3.05, 3.63) is 22.4 Å². The number of thiophene rings is 1. The molecule has 1 fully saturated rings. The second-order valence-corrected chi connectivity index (χ2v) is 5.02. The smallest absolute Gasteiger partial charge is 0.0167 e. The van der Waals surface area contributed by atoms with Gasteiger partial charge in [0.05, 0.1) is 0 Å². The van der Waals surface area contributed by atoms with Crippen molar-refractivity contribution in [2.24, 2.45) is 0 Å². The molecule has 0 bridgehead atoms. The molecular weight excluding hydrogens is 192 g/mol. The highest BCUT2D eigenvalue weighted by molar-refractivity contribution is 7.09. The maximum atomic E-state index is 3.47. The highest BCUT2D eigenvalue weighted by Gasteiger charge is 2.14. The summed E-state index contributed by atoms with van der Waals surface area (Å²) in [6.45, 7) is 7.02. The van der Waals surface area contributed by atoms with Gasteiger partial charge in [0.15, 0.2) is 0 Å². The topological polar surface area (TPSA) is 15.3 Å². The van der Waals surface area contributed by atoms with Crippen molar-refractivity contribution in [3.63, 3.8) is 0 Å². The minimum atomic E-state index is 0.659. The Balaban J connectivity index is 1.75. The molecular formula is C11H18N2S. The molecule has 0 radical (unpaired) electrons. The van der Waals surface area contributed by atoms with Crippen molar-refractivity contribution in [1.29, 1.82) is 0 Å². The van der Waals surface area contributed by atoms with Crippen LogP contribution in [0.4, 0.5) is 0 Å². The zero-order chi connectivity index (χ0) is 9.80. The summed E-state index contributed by atoms with van der Waals surface area (Å²) in [7, 11) is 0. The SMILES string of the molecule is C[C@H]1CN(CCc2cccs2)CCN1. The van der Waals surface area contributed by atoms with Crippen molar-refractivity contribution in [2.45, 2.75) is 19.4 Å². The molecule has 3 heteroatoms. The Hall–Kier alpha value is -0.380. The molecule has 2 rings (SSSR count). The molecule has 1 aromatic heterocycles. The number of piperazine rings is 1. The first-order chi connectivity index (χ1) is 6.84. The predicted molar refractivity (Wildman–Crippen MR) is 61.9 cm³/mol. The van der Waals surface area contributed by atoms with E-state index in [1.807, 2.05) is 11.3 Å². The maximum absolute atomic E-state index is 3.47. The third-order valence-electron chi connectivity index (χ3n) is 2.71. The van der Waals surface area contributed by atoms with E-state index in [4.69, 9.17) is 0 Å². The van der Waals surface area contributed by atoms with Crippen molar-refractivity contribution < 1.29 is 0 Å². The molecule has 2 nitrogen and oxygen atoms in total. The third-order valence-corrected chi connectivity index (χ3v) is 3.64. The Bertz CT molecular complexity index is 258. The predicted octanol–water partition coefficient (Wildman–Crippen LogP) is 1.58. The van der Waals surface area contributed by atoms with Gasteiger partial charge in [-0.2, -0.15) is 0 Å². The Morgan fingerprint density at radius 3 is 3.29 bits per heavy atom. The van der Waals surface area contributed by atoms with Gasteiger partial charge in [-0.05, 0) is 24.8 Å². The molecule has 1 aromatic rings. The summed E-state index contributed by atoms with van der Waals surface area (Å²) in [5.74, 6) is 0. The van der Waals surface area contributed by atoms with E-state index in [2.05, 4.69) is 34.7 Å². The first-order valence-electron chi connectivity index (χ1n) is 5.33. The highest BCUT2D eigenvalue weighted by atomic mass is 32.1. The van der Waals surface area contributed by atoms with E-state index in [1.165, 1.54) is 30.9 Å². The van der Waals surface area contributed by atoms with Gasteiger partial charge < -0.3 is 10.2 Å². The van der Waals surface area contributed by atoms with Gasteiger partial charge in [0.2, 0.25) is 0 Å². The van der Waals surface area contributed by atoms with Crippen molar-refractivity contribution in [1.82, 2.24) is 10.2 Å². The Morgan fingerprint density at radius 1 is 1.64 bits per heavy atom. The normalized spacial score (nSPS) is 23.9. The molecule has 2 heterocycles. The molecule has 0 saturated carbocycles. The van der Waals surface area contributed by atoms with Gasteiger partial charge in [0.25, 0.3) is 0 Å². The molecule has 1 saturated heterocycles. The molecule has 14 heavy (non-hydrogen) atoms. The second-order valence-electron chi connectivity index (χ2n) is 3.99. The number of nitrogens with one attached hydrogen (secondary N) is 1. The van der Waals surface area contributed by atoms with Crippen LogP contribution in [0.2, 0.25) is 0 Å². The Kier molecular flexibility index (Phi) is 3.56. The van der Waals surface area contributed by atoms with E-state index >= 15 is 0 Å². The summed E-state index contributed by atoms with van der Waals surface area (Å²) >= 11 is 1.87. The van der Waals surface area contributed by atoms with Crippen LogP contribution >= 0.6 is 11.3 Å². The van der Waals surface area contributed by atoms with Gasteiger partial charge in [0.1, 0.15) is 0 Å². The highest BCUT2D eigenvalue weighted by Crippen LogP contribution is 2.10. The zero-order valence-electron chi connectivity index (χ0n) is 8.70. The lowest BCUT2D eigenvalue weighted by Crippen LogP contribution is -2.49. The lowest BCUT2D eigenvalue weighted by molar-refractivity contribution is 0.210. The van der Waals surface area contributed by atoms with Gasteiger partial charge in [-0.25, -0.2) is 0 Å². The molecule has 1 aliphatic heterocycles. The molecule has 1 N–H and O–H groups in total. The summed E-state index contributed by atoms with van der Waals surface area (Å²) in [4.78, 5) is 4.07. The Labute approximate surface area is 89.9 Å². The number of hydrogen-bond donors (Lipinski definition) is 1. The van der Waals surface area contributed by atoms with Gasteiger partial charge in [-0.15, -0.1) is 11.3 Å². The maximum Gasteiger partial charge on any atom is 0.0167 e. The van der Waals surface area contributed by atoms with E-state index in [9.17, 15) is 0 Å². The number of rotatable bonds is 3. The Morgan fingerprint density at radius 2 is 2.57 bits per heavy atom. The first kappa shape index (κ1) is 10.1. The quantitative estimate of drug-likeness (QED) is 0.815. The fourth-order valence-corrected chi connectivity index (χ4v) is 2.64. The summed E-state index contributed by atoms with van der Waals surface area (Å²) < 4.78 is 0. The zero-order valence-corrected chi connectivity index (χ0v) is 9.52. The van der Waals surface area contributed by atoms with E-state index in [0.29, 0.717) is 6.04 Å². The summed E-state index contributed by atoms with van der Waals surface area (Å²) in [6, 6.07) is 5.03. The standard InChI is InChI=1S/C11H18N2S/c1-10-9-13(7-5-12-10)6-4-11-3-2-8-14-11/h2-3,8,10,12H,4-7,9H2,1H3/t10-/m0/s1. The van der Waals surface area contributed by atoms with Crippen LogP contribution in [0, 0.1) is 0 Å². The van der Waals surface area contributed by atoms with E-state index in [1.54, 1.807) is 0 Å². The lowest BCUT2D eigenvalue weighted by Gasteiger charge is -2.31. The lowest BCUT2D eigenvalue weighted by atomic mass is 10.2. The van der Waals surface area contributed by atoms with Crippen molar-refractivity contribution in [2.75, 3.05) is 26.2 Å². The van der Waals surface area contributed by atoms with Gasteiger partial charge in [-0.3, -0.25) is 0 Å². The van der Waals surface area contributed by atoms with Crippen LogP contribution in [-0.4, -0.2) is 37.1 Å². The molecule has 0 aromatic carbocycles. The minimum absolute atomic E-state index is 0.659. The van der Waals surface area contributed by atoms with Crippen LogP contribution in [0.15, 0.2) is 17.5 Å². The molecule has 0 aliphatic carbocycles. The first-order valence-corrected chi connectivity index (χ1v) is 6.20. The van der Waals surface area contributed by atoms with Gasteiger partial charge >= 0.3 is 0 Å². The van der Waals surface area contributed by atoms with Crippen LogP contribution in [0.5, 0.6) is 0 Å². The molecule has 0 amide bonds. The number of nitrogens with zero attached hydrogens (tertiary/aromatic N) is 1. The molecule has 1 aliphatic rings. The van der Waals surface area contributed by atoms with Crippen LogP contribution in [0.1, 0.15) is 11.8 Å². The average molecular weight is 210 g/mol. The summed E-state index contributed by atoms with van der Waals surface area (Å²) in [5, 5.41) is 5.63. The van der Waals surface area contributed by atoms with Gasteiger partial charge in [-0.1, -0.05) is 6.07 Å². The molecule has 78 valence electrons. The van der Waals surface area contributed by atoms with E-state index < -0.39 is 0 Å². The fraction of sp³-hybridized carbons (Fsp3) is 0.636. The molecule has 0 spiro atoms. The van der Waals surface area contributed by atoms with Crippen LogP contribution < -0.4 is 5.32 Å². The molecule has 1 atom stereocenters. The second kappa shape index (κ2) is 4.91. The van der Waals surface area contributed by atoms with Crippen LogP contribution in [0.25, 0.3) is 0 Å². The van der Waals surface area contributed by atoms with Crippen LogP contribution in [-0.2, 0) is 6.42 Å². The average Bonchev–Trinajstić information content (AvgIpc) is 2.67. The monoisotopic (exact) mass is 210 g/mol. The van der Waals surface area contributed by atoms with Crippen LogP contribution in [0.3, 0.4) is 0 Å². The minimum Gasteiger partial charge on any atom is -0.312 e. The summed E-state index contributed by atoms with van der Waals surface area (Å²) in [6.07, 6.45) is 1.21. The van der Waals surface area contributed by atoms with E-state index in [-0.39, 0.29) is 0 Å². The third kappa shape index (κ3) is 2.80. The van der Waals surface area contributed by atoms with Crippen molar-refractivity contribution in [3.8, 4) is 0 Å².